The number of benzene rings is 1. The van der Waals surface area contributed by atoms with Gasteiger partial charge in [-0.25, -0.2) is 0 Å². The molecule has 3 aromatic rings. The van der Waals surface area contributed by atoms with Crippen molar-refractivity contribution in [1.82, 2.24) is 19.8 Å². The summed E-state index contributed by atoms with van der Waals surface area (Å²) in [6.45, 7) is 5.90. The molecule has 2 atom stereocenters. The minimum Gasteiger partial charge on any atom is -0.385 e. The molecule has 1 saturated heterocycles. The van der Waals surface area contributed by atoms with E-state index in [2.05, 4.69) is 70.0 Å². The van der Waals surface area contributed by atoms with Gasteiger partial charge in [0.25, 0.3) is 0 Å². The predicted molar refractivity (Wildman–Crippen MR) is 124 cm³/mol. The van der Waals surface area contributed by atoms with Crippen molar-refractivity contribution in [2.75, 3.05) is 20.3 Å². The lowest BCUT2D eigenvalue weighted by Gasteiger charge is -2.28. The second kappa shape index (κ2) is 8.98. The predicted octanol–water partition coefficient (Wildman–Crippen LogP) is 4.50. The zero-order valence-corrected chi connectivity index (χ0v) is 18.5. The first kappa shape index (κ1) is 20.6. The van der Waals surface area contributed by atoms with E-state index in [0.717, 1.165) is 23.8 Å². The van der Waals surface area contributed by atoms with Gasteiger partial charge in [-0.3, -0.25) is 4.98 Å². The first-order valence-electron chi connectivity index (χ1n) is 10.3. The molecule has 0 spiro atoms. The number of thiocarbonyl (C=S) groups is 1. The average Bonchev–Trinajstić information content (AvgIpc) is 3.25. The van der Waals surface area contributed by atoms with E-state index in [1.165, 1.54) is 22.6 Å². The van der Waals surface area contributed by atoms with Crippen LogP contribution in [0, 0.1) is 13.8 Å². The number of pyridine rings is 1. The molecule has 4 rings (SSSR count). The molecule has 0 amide bonds. The van der Waals surface area contributed by atoms with E-state index in [-0.39, 0.29) is 12.1 Å². The summed E-state index contributed by atoms with van der Waals surface area (Å²) in [5.74, 6) is 0. The molecule has 3 heterocycles. The number of aromatic nitrogens is 2. The van der Waals surface area contributed by atoms with Gasteiger partial charge in [0.2, 0.25) is 0 Å². The lowest BCUT2D eigenvalue weighted by Crippen LogP contribution is -2.31. The van der Waals surface area contributed by atoms with Crippen LogP contribution >= 0.6 is 12.2 Å². The average molecular weight is 421 g/mol. The van der Waals surface area contributed by atoms with Crippen LogP contribution in [0.1, 0.15) is 41.1 Å². The largest absolute Gasteiger partial charge is 0.385 e. The SMILES string of the molecule is COCCCN1C(=S)NC(c2ccccn2)C1c1cc(C)n(-c2ccccc2)c1C. The summed E-state index contributed by atoms with van der Waals surface area (Å²) in [4.78, 5) is 6.94. The lowest BCUT2D eigenvalue weighted by molar-refractivity contribution is 0.180. The Morgan fingerprint density at radius 1 is 1.10 bits per heavy atom. The van der Waals surface area contributed by atoms with Gasteiger partial charge in [0.05, 0.1) is 17.8 Å². The van der Waals surface area contributed by atoms with Crippen molar-refractivity contribution in [2.24, 2.45) is 0 Å². The normalized spacial score (nSPS) is 18.6. The van der Waals surface area contributed by atoms with E-state index in [1.54, 1.807) is 7.11 Å². The van der Waals surface area contributed by atoms with Gasteiger partial charge in [-0.2, -0.15) is 0 Å². The molecule has 1 aliphatic rings. The molecule has 156 valence electrons. The number of nitrogens with zero attached hydrogens (tertiary/aromatic N) is 3. The van der Waals surface area contributed by atoms with Gasteiger partial charge < -0.3 is 19.5 Å². The first-order valence-corrected chi connectivity index (χ1v) is 10.7. The molecule has 1 N–H and O–H groups in total. The number of ether oxygens (including phenoxy) is 1. The molecule has 1 fully saturated rings. The Morgan fingerprint density at radius 2 is 1.87 bits per heavy atom. The number of hydrogen-bond donors (Lipinski definition) is 1. The fourth-order valence-corrected chi connectivity index (χ4v) is 4.76. The number of hydrogen-bond acceptors (Lipinski definition) is 3. The van der Waals surface area contributed by atoms with E-state index in [4.69, 9.17) is 17.0 Å². The molecule has 0 saturated carbocycles. The summed E-state index contributed by atoms with van der Waals surface area (Å²) >= 11 is 5.76. The molecule has 1 aliphatic heterocycles. The van der Waals surface area contributed by atoms with Gasteiger partial charge in [0, 0.05) is 43.5 Å². The second-order valence-electron chi connectivity index (χ2n) is 7.66. The quantitative estimate of drug-likeness (QED) is 0.450. The highest BCUT2D eigenvalue weighted by molar-refractivity contribution is 7.80. The van der Waals surface area contributed by atoms with Gasteiger partial charge in [-0.15, -0.1) is 0 Å². The second-order valence-corrected chi connectivity index (χ2v) is 8.05. The fraction of sp³-hybridized carbons (Fsp3) is 0.333. The molecular weight excluding hydrogens is 392 g/mol. The zero-order chi connectivity index (χ0) is 21.1. The van der Waals surface area contributed by atoms with E-state index in [9.17, 15) is 0 Å². The minimum atomic E-state index is 0.00553. The molecule has 0 bridgehead atoms. The van der Waals surface area contributed by atoms with Gasteiger partial charge in [0.15, 0.2) is 5.11 Å². The third-order valence-corrected chi connectivity index (χ3v) is 6.10. The maximum atomic E-state index is 5.76. The van der Waals surface area contributed by atoms with Crippen LogP contribution in [0.5, 0.6) is 0 Å². The maximum absolute atomic E-state index is 5.76. The Hall–Kier alpha value is -2.70. The van der Waals surface area contributed by atoms with Gasteiger partial charge in [-0.05, 0) is 68.4 Å². The van der Waals surface area contributed by atoms with E-state index < -0.39 is 0 Å². The number of methoxy groups -OCH3 is 1. The molecule has 1 aromatic carbocycles. The van der Waals surface area contributed by atoms with Crippen LogP contribution < -0.4 is 5.32 Å². The molecular formula is C24H28N4OS. The Labute approximate surface area is 183 Å². The van der Waals surface area contributed by atoms with Gasteiger partial charge in [0.1, 0.15) is 0 Å². The summed E-state index contributed by atoms with van der Waals surface area (Å²) in [6, 6.07) is 18.9. The zero-order valence-electron chi connectivity index (χ0n) is 17.7. The van der Waals surface area contributed by atoms with Crippen LogP contribution in [0.4, 0.5) is 0 Å². The highest BCUT2D eigenvalue weighted by atomic mass is 32.1. The maximum Gasteiger partial charge on any atom is 0.170 e. The summed E-state index contributed by atoms with van der Waals surface area (Å²) < 4.78 is 7.61. The fourth-order valence-electron chi connectivity index (χ4n) is 4.43. The third-order valence-electron chi connectivity index (χ3n) is 5.75. The lowest BCUT2D eigenvalue weighted by atomic mass is 9.96. The topological polar surface area (TPSA) is 42.3 Å². The highest BCUT2D eigenvalue weighted by Crippen LogP contribution is 2.41. The van der Waals surface area contributed by atoms with Crippen molar-refractivity contribution < 1.29 is 4.74 Å². The monoisotopic (exact) mass is 420 g/mol. The smallest absolute Gasteiger partial charge is 0.170 e. The Morgan fingerprint density at radius 3 is 2.57 bits per heavy atom. The standard InChI is InChI=1S/C24H28N4OS/c1-17-16-20(18(2)28(17)19-10-5-4-6-11-19)23-22(21-12-7-8-13-25-21)26-24(30)27(23)14-9-15-29-3/h4-8,10-13,16,22-23H,9,14-15H2,1-3H3,(H,26,30). The van der Waals surface area contributed by atoms with Gasteiger partial charge >= 0.3 is 0 Å². The van der Waals surface area contributed by atoms with Crippen molar-refractivity contribution in [3.63, 3.8) is 0 Å². The van der Waals surface area contributed by atoms with Crippen molar-refractivity contribution in [3.05, 3.63) is 83.4 Å². The van der Waals surface area contributed by atoms with Crippen LogP contribution in [0.25, 0.3) is 5.69 Å². The Bertz CT molecular complexity index is 1000. The van der Waals surface area contributed by atoms with Gasteiger partial charge in [-0.1, -0.05) is 24.3 Å². The summed E-state index contributed by atoms with van der Waals surface area (Å²) in [5.41, 5.74) is 5.89. The van der Waals surface area contributed by atoms with Crippen molar-refractivity contribution in [2.45, 2.75) is 32.4 Å². The van der Waals surface area contributed by atoms with Crippen LogP contribution in [0.2, 0.25) is 0 Å². The molecule has 2 unspecified atom stereocenters. The molecule has 2 aromatic heterocycles. The Kier molecular flexibility index (Phi) is 6.16. The third kappa shape index (κ3) is 3.85. The molecule has 0 aliphatic carbocycles. The Balaban J connectivity index is 1.78. The first-order chi connectivity index (χ1) is 14.6. The van der Waals surface area contributed by atoms with Crippen LogP contribution in [-0.2, 0) is 4.74 Å². The van der Waals surface area contributed by atoms with Crippen molar-refractivity contribution in [3.8, 4) is 5.69 Å². The molecule has 6 heteroatoms. The van der Waals surface area contributed by atoms with Crippen LogP contribution in [-0.4, -0.2) is 39.8 Å². The number of aryl methyl sites for hydroxylation is 1. The summed E-state index contributed by atoms with van der Waals surface area (Å²) in [6.07, 6.45) is 2.76. The molecule has 0 radical (unpaired) electrons. The van der Waals surface area contributed by atoms with E-state index in [1.807, 2.05) is 24.4 Å². The van der Waals surface area contributed by atoms with Crippen molar-refractivity contribution >= 4 is 17.3 Å². The highest BCUT2D eigenvalue weighted by Gasteiger charge is 2.41. The van der Waals surface area contributed by atoms with Crippen LogP contribution in [0.3, 0.4) is 0 Å². The van der Waals surface area contributed by atoms with E-state index >= 15 is 0 Å². The summed E-state index contributed by atoms with van der Waals surface area (Å²) in [7, 11) is 1.74. The summed E-state index contributed by atoms with van der Waals surface area (Å²) in [5, 5.41) is 4.31. The van der Waals surface area contributed by atoms with Crippen LogP contribution in [0.15, 0.2) is 60.8 Å². The number of rotatable bonds is 7. The minimum absolute atomic E-state index is 0.00553. The molecule has 30 heavy (non-hydrogen) atoms. The number of nitrogens with one attached hydrogen (secondary N) is 1. The van der Waals surface area contributed by atoms with Crippen molar-refractivity contribution in [1.29, 1.82) is 0 Å². The molecule has 5 nitrogen and oxygen atoms in total. The number of para-hydroxylation sites is 1. The van der Waals surface area contributed by atoms with E-state index in [0.29, 0.717) is 6.61 Å².